The molecule has 7 heteroatoms. The van der Waals surface area contributed by atoms with Crippen LogP contribution in [0.3, 0.4) is 0 Å². The molecule has 0 spiro atoms. The second kappa shape index (κ2) is 8.73. The topological polar surface area (TPSA) is 52.0 Å². The van der Waals surface area contributed by atoms with Gasteiger partial charge in [-0.15, -0.1) is 0 Å². The van der Waals surface area contributed by atoms with Crippen LogP contribution in [0.15, 0.2) is 48.9 Å². The van der Waals surface area contributed by atoms with Gasteiger partial charge >= 0.3 is 6.55 Å². The zero-order chi connectivity index (χ0) is 19.2. The first-order valence-corrected chi connectivity index (χ1v) is 8.68. The van der Waals surface area contributed by atoms with E-state index in [1.165, 1.54) is 12.4 Å². The van der Waals surface area contributed by atoms with Crippen molar-refractivity contribution in [3.8, 4) is 5.75 Å². The van der Waals surface area contributed by atoms with Crippen LogP contribution in [0.25, 0.3) is 0 Å². The molecular formula is C20H22F2N4O. The van der Waals surface area contributed by atoms with Crippen molar-refractivity contribution in [3.05, 3.63) is 77.1 Å². The minimum atomic E-state index is -2.58. The van der Waals surface area contributed by atoms with E-state index >= 15 is 0 Å². The standard InChI is InChI=1S/C20H22F2N4O/c1-14-9-16(11-23-12-18-25-7-8-26(18)20(21)22)10-15(2)19(14)27-13-17-5-3-4-6-24-17/h3-10,20,23H,11-13H2,1-2H3. The van der Waals surface area contributed by atoms with E-state index < -0.39 is 6.55 Å². The van der Waals surface area contributed by atoms with Gasteiger partial charge in [0.25, 0.3) is 0 Å². The summed E-state index contributed by atoms with van der Waals surface area (Å²) in [6, 6.07) is 9.79. The number of hydrogen-bond donors (Lipinski definition) is 1. The van der Waals surface area contributed by atoms with Crippen LogP contribution in [0, 0.1) is 13.8 Å². The molecule has 1 aromatic carbocycles. The van der Waals surface area contributed by atoms with Crippen molar-refractivity contribution < 1.29 is 13.5 Å². The Morgan fingerprint density at radius 3 is 2.52 bits per heavy atom. The Labute approximate surface area is 157 Å². The number of nitrogens with one attached hydrogen (secondary N) is 1. The fourth-order valence-corrected chi connectivity index (χ4v) is 2.98. The highest BCUT2D eigenvalue weighted by atomic mass is 19.3. The molecule has 0 aliphatic heterocycles. The number of benzene rings is 1. The summed E-state index contributed by atoms with van der Waals surface area (Å²) in [4.78, 5) is 8.22. The molecule has 2 aromatic heterocycles. The number of rotatable bonds is 8. The molecule has 0 fully saturated rings. The summed E-state index contributed by atoms with van der Waals surface area (Å²) in [6.45, 7) is 2.65. The lowest BCUT2D eigenvalue weighted by molar-refractivity contribution is 0.0666. The molecule has 0 unspecified atom stereocenters. The molecular weight excluding hydrogens is 350 g/mol. The van der Waals surface area contributed by atoms with Gasteiger partial charge in [-0.1, -0.05) is 18.2 Å². The third-order valence-electron chi connectivity index (χ3n) is 4.18. The molecule has 0 aliphatic rings. The van der Waals surface area contributed by atoms with E-state index in [1.807, 2.05) is 44.2 Å². The van der Waals surface area contributed by atoms with Crippen molar-refractivity contribution in [1.29, 1.82) is 0 Å². The summed E-state index contributed by atoms with van der Waals surface area (Å²) in [6.07, 6.45) is 4.40. The first kappa shape index (κ1) is 19.0. The number of aryl methyl sites for hydroxylation is 2. The zero-order valence-electron chi connectivity index (χ0n) is 15.3. The predicted molar refractivity (Wildman–Crippen MR) is 98.5 cm³/mol. The number of hydrogen-bond acceptors (Lipinski definition) is 4. The first-order chi connectivity index (χ1) is 13.0. The molecule has 27 heavy (non-hydrogen) atoms. The van der Waals surface area contributed by atoms with Crippen LogP contribution in [-0.4, -0.2) is 14.5 Å². The maximum atomic E-state index is 12.8. The van der Waals surface area contributed by atoms with Gasteiger partial charge in [0.15, 0.2) is 0 Å². The second-order valence-electron chi connectivity index (χ2n) is 6.30. The van der Waals surface area contributed by atoms with Crippen LogP contribution in [0.5, 0.6) is 5.75 Å². The third kappa shape index (κ3) is 4.89. The summed E-state index contributed by atoms with van der Waals surface area (Å²) in [5.74, 6) is 1.16. The van der Waals surface area contributed by atoms with Crippen LogP contribution in [0.4, 0.5) is 8.78 Å². The maximum absolute atomic E-state index is 12.8. The van der Waals surface area contributed by atoms with Gasteiger partial charge in [-0.25, -0.2) is 4.98 Å². The van der Waals surface area contributed by atoms with Gasteiger partial charge in [-0.3, -0.25) is 9.55 Å². The summed E-state index contributed by atoms with van der Waals surface area (Å²) in [5, 5.41) is 3.16. The molecule has 0 amide bonds. The van der Waals surface area contributed by atoms with E-state index in [0.29, 0.717) is 19.0 Å². The van der Waals surface area contributed by atoms with E-state index in [0.717, 1.165) is 32.7 Å². The van der Waals surface area contributed by atoms with Crippen LogP contribution >= 0.6 is 0 Å². The molecule has 0 saturated carbocycles. The van der Waals surface area contributed by atoms with Gasteiger partial charge in [0.1, 0.15) is 18.2 Å². The Kier molecular flexibility index (Phi) is 6.13. The lowest BCUT2D eigenvalue weighted by Gasteiger charge is -2.14. The number of alkyl halides is 2. The minimum absolute atomic E-state index is 0.271. The van der Waals surface area contributed by atoms with Gasteiger partial charge in [0, 0.05) is 25.1 Å². The Morgan fingerprint density at radius 1 is 1.07 bits per heavy atom. The Hall–Kier alpha value is -2.80. The Morgan fingerprint density at radius 2 is 1.85 bits per heavy atom. The average Bonchev–Trinajstić information content (AvgIpc) is 3.11. The van der Waals surface area contributed by atoms with Crippen LogP contribution in [-0.2, 0) is 19.7 Å². The van der Waals surface area contributed by atoms with Crippen molar-refractivity contribution >= 4 is 0 Å². The van der Waals surface area contributed by atoms with E-state index in [2.05, 4.69) is 15.3 Å². The number of aromatic nitrogens is 3. The van der Waals surface area contributed by atoms with Gasteiger partial charge in [-0.2, -0.15) is 8.78 Å². The number of imidazole rings is 1. The van der Waals surface area contributed by atoms with Crippen molar-refractivity contribution in [3.63, 3.8) is 0 Å². The van der Waals surface area contributed by atoms with E-state index in [9.17, 15) is 8.78 Å². The van der Waals surface area contributed by atoms with E-state index in [1.54, 1.807) is 6.20 Å². The maximum Gasteiger partial charge on any atom is 0.319 e. The molecule has 0 saturated heterocycles. The normalized spacial score (nSPS) is 11.1. The number of halogens is 2. The molecule has 3 rings (SSSR count). The van der Waals surface area contributed by atoms with Crippen molar-refractivity contribution in [2.45, 2.75) is 40.1 Å². The molecule has 3 aromatic rings. The summed E-state index contributed by atoms with van der Waals surface area (Å²) < 4.78 is 32.5. The van der Waals surface area contributed by atoms with Crippen molar-refractivity contribution in [2.75, 3.05) is 0 Å². The minimum Gasteiger partial charge on any atom is -0.487 e. The molecule has 0 atom stereocenters. The average molecular weight is 372 g/mol. The molecule has 1 N–H and O–H groups in total. The van der Waals surface area contributed by atoms with E-state index in [4.69, 9.17) is 4.74 Å². The van der Waals surface area contributed by atoms with Crippen molar-refractivity contribution in [1.82, 2.24) is 19.9 Å². The Bertz CT molecular complexity index is 858. The smallest absolute Gasteiger partial charge is 0.319 e. The van der Waals surface area contributed by atoms with Gasteiger partial charge in [0.05, 0.1) is 12.2 Å². The lowest BCUT2D eigenvalue weighted by atomic mass is 10.1. The fourth-order valence-electron chi connectivity index (χ4n) is 2.98. The third-order valence-corrected chi connectivity index (χ3v) is 4.18. The number of nitrogens with zero attached hydrogens (tertiary/aromatic N) is 3. The van der Waals surface area contributed by atoms with Gasteiger partial charge in [0.2, 0.25) is 0 Å². The Balaban J connectivity index is 1.60. The molecule has 2 heterocycles. The zero-order valence-corrected chi connectivity index (χ0v) is 15.3. The SMILES string of the molecule is Cc1cc(CNCc2nccn2C(F)F)cc(C)c1OCc1ccccn1. The van der Waals surface area contributed by atoms with Crippen LogP contribution < -0.4 is 10.1 Å². The number of ether oxygens (including phenoxy) is 1. The van der Waals surface area contributed by atoms with Crippen LogP contribution in [0.2, 0.25) is 0 Å². The lowest BCUT2D eigenvalue weighted by Crippen LogP contribution is -2.17. The largest absolute Gasteiger partial charge is 0.487 e. The highest BCUT2D eigenvalue weighted by Gasteiger charge is 2.11. The van der Waals surface area contributed by atoms with Crippen LogP contribution in [0.1, 0.15) is 34.8 Å². The quantitative estimate of drug-likeness (QED) is 0.645. The summed E-state index contributed by atoms with van der Waals surface area (Å²) in [5.41, 5.74) is 3.98. The number of pyridine rings is 1. The first-order valence-electron chi connectivity index (χ1n) is 8.68. The van der Waals surface area contributed by atoms with Gasteiger partial charge < -0.3 is 10.1 Å². The summed E-state index contributed by atoms with van der Waals surface area (Å²) >= 11 is 0. The van der Waals surface area contributed by atoms with E-state index in [-0.39, 0.29) is 6.54 Å². The predicted octanol–water partition coefficient (Wildman–Crippen LogP) is 4.16. The fraction of sp³-hybridized carbons (Fsp3) is 0.300. The molecule has 142 valence electrons. The molecule has 0 radical (unpaired) electrons. The highest BCUT2D eigenvalue weighted by Crippen LogP contribution is 2.25. The monoisotopic (exact) mass is 372 g/mol. The van der Waals surface area contributed by atoms with Gasteiger partial charge in [-0.05, 0) is 42.7 Å². The van der Waals surface area contributed by atoms with Crippen molar-refractivity contribution in [2.24, 2.45) is 0 Å². The summed E-state index contributed by atoms with van der Waals surface area (Å²) in [7, 11) is 0. The second-order valence-corrected chi connectivity index (χ2v) is 6.30. The molecule has 5 nitrogen and oxygen atoms in total. The molecule has 0 aliphatic carbocycles. The molecule has 0 bridgehead atoms. The highest BCUT2D eigenvalue weighted by molar-refractivity contribution is 5.43.